The highest BCUT2D eigenvalue weighted by molar-refractivity contribution is 7.86. The van der Waals surface area contributed by atoms with Crippen LogP contribution in [0.5, 0.6) is 5.75 Å². The van der Waals surface area contributed by atoms with Crippen LogP contribution in [-0.2, 0) is 46.5 Å². The van der Waals surface area contributed by atoms with Gasteiger partial charge in [-0.2, -0.15) is 8.42 Å². The first-order valence-electron chi connectivity index (χ1n) is 15.5. The minimum atomic E-state index is -3.95. The third-order valence-corrected chi connectivity index (χ3v) is 8.68. The molecule has 0 unspecified atom stereocenters. The molecule has 0 spiro atoms. The van der Waals surface area contributed by atoms with Crippen molar-refractivity contribution in [1.82, 2.24) is 5.32 Å². The van der Waals surface area contributed by atoms with E-state index in [1.54, 1.807) is 40.0 Å². The molecule has 0 aliphatic carbocycles. The molecule has 1 saturated heterocycles. The fourth-order valence-corrected chi connectivity index (χ4v) is 5.77. The lowest BCUT2D eigenvalue weighted by Gasteiger charge is -2.32. The Balaban J connectivity index is 1.45. The van der Waals surface area contributed by atoms with Gasteiger partial charge in [-0.3, -0.25) is 4.18 Å². The van der Waals surface area contributed by atoms with Gasteiger partial charge in [0.1, 0.15) is 29.7 Å². The maximum atomic E-state index is 13.0. The van der Waals surface area contributed by atoms with Crippen LogP contribution in [0.2, 0.25) is 0 Å². The SMILES string of the molecule is COc1ccc(COC[C@@H](NC(=O)OC(C)(C)C)[C@H](OCc2ccccc2)[C@@H](O)[C@H]2O[C@@H]2CCOS(=O)(=O)c2ccc(C)cc2)cc1. The lowest BCUT2D eigenvalue weighted by atomic mass is 10.0. The minimum Gasteiger partial charge on any atom is -0.497 e. The summed E-state index contributed by atoms with van der Waals surface area (Å²) in [6.45, 7) is 7.35. The van der Waals surface area contributed by atoms with Gasteiger partial charge < -0.3 is 34.1 Å². The molecule has 1 aliphatic rings. The van der Waals surface area contributed by atoms with Crippen LogP contribution in [-0.4, -0.2) is 76.0 Å². The first kappa shape index (κ1) is 36.3. The summed E-state index contributed by atoms with van der Waals surface area (Å²) in [5, 5.41) is 14.4. The Morgan fingerprint density at radius 1 is 0.957 bits per heavy atom. The van der Waals surface area contributed by atoms with Gasteiger partial charge in [-0.05, 0) is 63.1 Å². The third-order valence-electron chi connectivity index (χ3n) is 7.35. The van der Waals surface area contributed by atoms with Crippen molar-refractivity contribution in [2.24, 2.45) is 0 Å². The second-order valence-electron chi connectivity index (χ2n) is 12.4. The monoisotopic (exact) mass is 671 g/mol. The fraction of sp³-hybridized carbons (Fsp3) is 0.457. The number of epoxide rings is 1. The van der Waals surface area contributed by atoms with E-state index in [1.165, 1.54) is 12.1 Å². The zero-order valence-electron chi connectivity index (χ0n) is 27.5. The number of ether oxygens (including phenoxy) is 5. The van der Waals surface area contributed by atoms with Crippen molar-refractivity contribution in [2.45, 2.75) is 88.3 Å². The summed E-state index contributed by atoms with van der Waals surface area (Å²) < 4.78 is 59.3. The molecule has 0 bridgehead atoms. The summed E-state index contributed by atoms with van der Waals surface area (Å²) in [4.78, 5) is 13.0. The lowest BCUT2D eigenvalue weighted by molar-refractivity contribution is -0.0876. The van der Waals surface area contributed by atoms with Crippen LogP contribution in [0.3, 0.4) is 0 Å². The Morgan fingerprint density at radius 3 is 2.26 bits per heavy atom. The fourth-order valence-electron chi connectivity index (χ4n) is 4.85. The highest BCUT2D eigenvalue weighted by atomic mass is 32.2. The van der Waals surface area contributed by atoms with E-state index in [1.807, 2.05) is 61.5 Å². The van der Waals surface area contributed by atoms with Crippen molar-refractivity contribution < 1.29 is 46.2 Å². The molecule has 1 fully saturated rings. The van der Waals surface area contributed by atoms with E-state index in [4.69, 9.17) is 27.9 Å². The van der Waals surface area contributed by atoms with Gasteiger partial charge in [-0.1, -0.05) is 60.2 Å². The quantitative estimate of drug-likeness (QED) is 0.150. The predicted octanol–water partition coefficient (Wildman–Crippen LogP) is 4.92. The number of amides is 1. The number of aliphatic hydroxyl groups excluding tert-OH is 1. The number of alkyl carbamates (subject to hydrolysis) is 1. The molecule has 1 aliphatic heterocycles. The maximum absolute atomic E-state index is 13.0. The van der Waals surface area contributed by atoms with Crippen molar-refractivity contribution in [3.63, 3.8) is 0 Å². The van der Waals surface area contributed by atoms with E-state index in [-0.39, 0.29) is 37.7 Å². The Hall–Kier alpha value is -3.52. The van der Waals surface area contributed by atoms with Crippen molar-refractivity contribution in [2.75, 3.05) is 20.3 Å². The molecular weight excluding hydrogens is 626 g/mol. The highest BCUT2D eigenvalue weighted by Crippen LogP contribution is 2.32. The smallest absolute Gasteiger partial charge is 0.408 e. The Kier molecular flexibility index (Phi) is 12.8. The number of rotatable bonds is 17. The van der Waals surface area contributed by atoms with E-state index in [0.29, 0.717) is 5.75 Å². The molecule has 1 amide bonds. The zero-order chi connectivity index (χ0) is 34.0. The molecule has 256 valence electrons. The summed E-state index contributed by atoms with van der Waals surface area (Å²) >= 11 is 0. The van der Waals surface area contributed by atoms with Gasteiger partial charge in [0, 0.05) is 6.42 Å². The van der Waals surface area contributed by atoms with Crippen LogP contribution in [0.4, 0.5) is 4.79 Å². The predicted molar refractivity (Wildman–Crippen MR) is 174 cm³/mol. The molecule has 0 aromatic heterocycles. The van der Waals surface area contributed by atoms with Crippen molar-refractivity contribution in [3.05, 3.63) is 95.6 Å². The summed E-state index contributed by atoms with van der Waals surface area (Å²) in [5.74, 6) is 0.716. The third kappa shape index (κ3) is 11.6. The van der Waals surface area contributed by atoms with Gasteiger partial charge in [0.05, 0.1) is 50.6 Å². The number of nitrogens with one attached hydrogen (secondary N) is 1. The van der Waals surface area contributed by atoms with E-state index in [2.05, 4.69) is 5.32 Å². The van der Waals surface area contributed by atoms with Crippen LogP contribution in [0.15, 0.2) is 83.8 Å². The molecule has 3 aromatic rings. The molecular formula is C35H45NO10S. The molecule has 0 radical (unpaired) electrons. The van der Waals surface area contributed by atoms with Crippen molar-refractivity contribution >= 4 is 16.2 Å². The van der Waals surface area contributed by atoms with Gasteiger partial charge in [0.15, 0.2) is 0 Å². The van der Waals surface area contributed by atoms with E-state index < -0.39 is 52.3 Å². The summed E-state index contributed by atoms with van der Waals surface area (Å²) in [5.41, 5.74) is 1.92. The summed E-state index contributed by atoms with van der Waals surface area (Å²) in [7, 11) is -2.35. The Bertz CT molecular complexity index is 1510. The highest BCUT2D eigenvalue weighted by Gasteiger charge is 2.49. The number of benzene rings is 3. The Morgan fingerprint density at radius 2 is 1.62 bits per heavy atom. The molecule has 47 heavy (non-hydrogen) atoms. The second-order valence-corrected chi connectivity index (χ2v) is 14.0. The van der Waals surface area contributed by atoms with Crippen LogP contribution >= 0.6 is 0 Å². The molecule has 4 rings (SSSR count). The molecule has 0 saturated carbocycles. The van der Waals surface area contributed by atoms with Crippen LogP contribution < -0.4 is 10.1 Å². The molecule has 2 N–H and O–H groups in total. The number of hydrogen-bond donors (Lipinski definition) is 2. The molecule has 5 atom stereocenters. The number of methoxy groups -OCH3 is 1. The summed E-state index contributed by atoms with van der Waals surface area (Å²) in [6, 6.07) is 22.4. The average molecular weight is 672 g/mol. The van der Waals surface area contributed by atoms with Crippen LogP contribution in [0.1, 0.15) is 43.9 Å². The zero-order valence-corrected chi connectivity index (χ0v) is 28.3. The van der Waals surface area contributed by atoms with E-state index in [9.17, 15) is 18.3 Å². The topological polar surface area (TPSA) is 142 Å². The van der Waals surface area contributed by atoms with Crippen molar-refractivity contribution in [3.8, 4) is 5.75 Å². The van der Waals surface area contributed by atoms with Gasteiger partial charge in [0.2, 0.25) is 0 Å². The van der Waals surface area contributed by atoms with Crippen molar-refractivity contribution in [1.29, 1.82) is 0 Å². The molecule has 3 aromatic carbocycles. The van der Waals surface area contributed by atoms with Gasteiger partial charge in [-0.15, -0.1) is 0 Å². The molecule has 11 nitrogen and oxygen atoms in total. The second kappa shape index (κ2) is 16.5. The minimum absolute atomic E-state index is 0.0168. The maximum Gasteiger partial charge on any atom is 0.408 e. The largest absolute Gasteiger partial charge is 0.497 e. The van der Waals surface area contributed by atoms with Crippen LogP contribution in [0, 0.1) is 6.92 Å². The van der Waals surface area contributed by atoms with Crippen LogP contribution in [0.25, 0.3) is 0 Å². The normalized spacial score (nSPS) is 18.2. The molecule has 1 heterocycles. The number of carbonyl (C=O) groups is 1. The van der Waals surface area contributed by atoms with Gasteiger partial charge in [0.25, 0.3) is 10.1 Å². The first-order chi connectivity index (χ1) is 22.3. The number of aryl methyl sites for hydroxylation is 1. The number of aliphatic hydroxyl groups is 1. The summed E-state index contributed by atoms with van der Waals surface area (Å²) in [6.07, 6.45) is -3.84. The van der Waals surface area contributed by atoms with Gasteiger partial charge >= 0.3 is 6.09 Å². The van der Waals surface area contributed by atoms with E-state index >= 15 is 0 Å². The van der Waals surface area contributed by atoms with E-state index in [0.717, 1.165) is 16.7 Å². The Labute approximate surface area is 277 Å². The first-order valence-corrected chi connectivity index (χ1v) is 16.9. The average Bonchev–Trinajstić information content (AvgIpc) is 3.80. The standard InChI is InChI=1S/C35H45NO10S/c1-24-11-17-28(18-12-24)47(39,40)44-20-19-30-33(45-30)31(37)32(43-22-25-9-7-6-8-10-25)29(36-34(38)46-35(2,3)4)23-42-21-26-13-15-27(41-5)16-14-26/h6-18,29-33,37H,19-23H2,1-5H3,(H,36,38)/t29-,30-,31-,32+,33+/m1/s1. The molecule has 12 heteroatoms. The van der Waals surface area contributed by atoms with Gasteiger partial charge in [-0.25, -0.2) is 4.79 Å². The number of hydrogen-bond acceptors (Lipinski definition) is 10. The lowest BCUT2D eigenvalue weighted by Crippen LogP contribution is -2.54. The number of carbonyl (C=O) groups excluding carboxylic acids is 1.